The van der Waals surface area contributed by atoms with Crippen molar-refractivity contribution in [2.75, 3.05) is 23.7 Å². The molecule has 0 aliphatic carbocycles. The van der Waals surface area contributed by atoms with Crippen LogP contribution in [0.1, 0.15) is 37.9 Å². The number of anilines is 1. The van der Waals surface area contributed by atoms with Gasteiger partial charge in [-0.3, -0.25) is 9.10 Å². The molecule has 1 atom stereocenters. The molecule has 1 N–H and O–H groups in total. The number of nitrogens with zero attached hydrogens (tertiary/aromatic N) is 1. The molecule has 0 fully saturated rings. The number of carbonyl (C=O) groups is 1. The van der Waals surface area contributed by atoms with Crippen molar-refractivity contribution in [1.29, 1.82) is 0 Å². The van der Waals surface area contributed by atoms with Crippen molar-refractivity contribution in [3.8, 4) is 5.75 Å². The zero-order valence-corrected chi connectivity index (χ0v) is 17.6. The van der Waals surface area contributed by atoms with Gasteiger partial charge in [0.25, 0.3) is 0 Å². The van der Waals surface area contributed by atoms with Gasteiger partial charge in [0, 0.05) is 0 Å². The maximum atomic E-state index is 12.5. The zero-order valence-electron chi connectivity index (χ0n) is 16.8. The minimum absolute atomic E-state index is 0.257. The number of sulfonamides is 1. The van der Waals surface area contributed by atoms with Gasteiger partial charge < -0.3 is 10.1 Å². The molecule has 2 aromatic carbocycles. The lowest BCUT2D eigenvalue weighted by Crippen LogP contribution is -2.41. The van der Waals surface area contributed by atoms with Gasteiger partial charge in [0.2, 0.25) is 15.9 Å². The Morgan fingerprint density at radius 1 is 1.07 bits per heavy atom. The molecular formula is C21H28N2O4S. The molecule has 0 heterocycles. The molecule has 0 aliphatic rings. The molecule has 152 valence electrons. The van der Waals surface area contributed by atoms with E-state index in [9.17, 15) is 13.2 Å². The molecule has 0 saturated carbocycles. The van der Waals surface area contributed by atoms with Crippen LogP contribution in [0.2, 0.25) is 0 Å². The van der Waals surface area contributed by atoms with E-state index >= 15 is 0 Å². The van der Waals surface area contributed by atoms with E-state index < -0.39 is 10.0 Å². The van der Waals surface area contributed by atoms with Crippen LogP contribution < -0.4 is 14.4 Å². The fourth-order valence-corrected chi connectivity index (χ4v) is 3.67. The molecule has 0 radical (unpaired) electrons. The van der Waals surface area contributed by atoms with Crippen molar-refractivity contribution in [3.05, 3.63) is 59.7 Å². The van der Waals surface area contributed by atoms with Gasteiger partial charge in [0.15, 0.2) is 0 Å². The molecule has 2 aromatic rings. The third kappa shape index (κ3) is 5.99. The largest absolute Gasteiger partial charge is 0.494 e. The van der Waals surface area contributed by atoms with E-state index in [4.69, 9.17) is 4.74 Å². The summed E-state index contributed by atoms with van der Waals surface area (Å²) in [5.74, 6) is 0.398. The van der Waals surface area contributed by atoms with Crippen LogP contribution in [0.5, 0.6) is 5.75 Å². The Morgan fingerprint density at radius 3 is 2.18 bits per heavy atom. The highest BCUT2D eigenvalue weighted by molar-refractivity contribution is 7.92. The first kappa shape index (κ1) is 21.8. The van der Waals surface area contributed by atoms with Crippen LogP contribution in [0.25, 0.3) is 0 Å². The van der Waals surface area contributed by atoms with Gasteiger partial charge in [-0.05, 0) is 55.7 Å². The molecule has 6 nitrogen and oxygen atoms in total. The number of amides is 1. The lowest BCUT2D eigenvalue weighted by molar-refractivity contribution is -0.120. The first-order valence-corrected chi connectivity index (χ1v) is 11.2. The maximum absolute atomic E-state index is 12.5. The van der Waals surface area contributed by atoms with Crippen LogP contribution >= 0.6 is 0 Å². The summed E-state index contributed by atoms with van der Waals surface area (Å²) < 4.78 is 31.0. The van der Waals surface area contributed by atoms with Crippen molar-refractivity contribution in [2.45, 2.75) is 33.2 Å². The van der Waals surface area contributed by atoms with E-state index in [1.54, 1.807) is 12.1 Å². The van der Waals surface area contributed by atoms with Gasteiger partial charge in [-0.15, -0.1) is 0 Å². The summed E-state index contributed by atoms with van der Waals surface area (Å²) in [5.41, 5.74) is 2.49. The fourth-order valence-electron chi connectivity index (χ4n) is 2.82. The maximum Gasteiger partial charge on any atom is 0.241 e. The molecule has 7 heteroatoms. The van der Waals surface area contributed by atoms with Gasteiger partial charge in [-0.2, -0.15) is 0 Å². The zero-order chi connectivity index (χ0) is 20.7. The molecular weight excluding hydrogens is 376 g/mol. The number of hydrogen-bond donors (Lipinski definition) is 1. The number of nitrogens with one attached hydrogen (secondary N) is 1. The molecule has 0 saturated heterocycles. The SMILES string of the molecule is CCOc1ccc([C@H](C)NC(=O)CN(c2ccc(CC)cc2)S(C)(=O)=O)cc1. The van der Waals surface area contributed by atoms with Crippen LogP contribution in [0.3, 0.4) is 0 Å². The third-order valence-electron chi connectivity index (χ3n) is 4.39. The lowest BCUT2D eigenvalue weighted by Gasteiger charge is -2.23. The Kier molecular flexibility index (Phi) is 7.45. The second kappa shape index (κ2) is 9.59. The minimum Gasteiger partial charge on any atom is -0.494 e. The Morgan fingerprint density at radius 2 is 1.68 bits per heavy atom. The smallest absolute Gasteiger partial charge is 0.241 e. The van der Waals surface area contributed by atoms with Gasteiger partial charge in [0.05, 0.1) is 24.6 Å². The summed E-state index contributed by atoms with van der Waals surface area (Å²) in [6.45, 7) is 6.12. The standard InChI is InChI=1S/C21H28N2O4S/c1-5-17-7-11-19(12-8-17)23(28(4,25)26)15-21(24)22-16(3)18-9-13-20(14-10-18)27-6-2/h7-14,16H,5-6,15H2,1-4H3,(H,22,24)/t16-/m0/s1. The first-order chi connectivity index (χ1) is 13.2. The van der Waals surface area contributed by atoms with Crippen LogP contribution in [-0.2, 0) is 21.2 Å². The fraction of sp³-hybridized carbons (Fsp3) is 0.381. The van der Waals surface area contributed by atoms with Crippen LogP contribution in [0, 0.1) is 0 Å². The lowest BCUT2D eigenvalue weighted by atomic mass is 10.1. The van der Waals surface area contributed by atoms with E-state index in [-0.39, 0.29) is 18.5 Å². The van der Waals surface area contributed by atoms with Gasteiger partial charge in [-0.1, -0.05) is 31.2 Å². The number of rotatable bonds is 9. The average Bonchev–Trinajstić information content (AvgIpc) is 2.66. The molecule has 0 spiro atoms. The van der Waals surface area contributed by atoms with Gasteiger partial charge >= 0.3 is 0 Å². The minimum atomic E-state index is -3.59. The molecule has 0 bridgehead atoms. The predicted molar refractivity (Wildman–Crippen MR) is 112 cm³/mol. The summed E-state index contributed by atoms with van der Waals surface area (Å²) in [6.07, 6.45) is 1.96. The number of carbonyl (C=O) groups excluding carboxylic acids is 1. The van der Waals surface area contributed by atoms with Crippen LogP contribution in [0.15, 0.2) is 48.5 Å². The van der Waals surface area contributed by atoms with E-state index in [1.807, 2.05) is 57.2 Å². The molecule has 2 rings (SSSR count). The Balaban J connectivity index is 2.08. The van der Waals surface area contributed by atoms with Crippen molar-refractivity contribution in [2.24, 2.45) is 0 Å². The highest BCUT2D eigenvalue weighted by Gasteiger charge is 2.22. The first-order valence-electron chi connectivity index (χ1n) is 9.33. The summed E-state index contributed by atoms with van der Waals surface area (Å²) in [5, 5.41) is 2.86. The Labute approximate surface area is 167 Å². The molecule has 28 heavy (non-hydrogen) atoms. The normalized spacial score (nSPS) is 12.3. The van der Waals surface area contributed by atoms with Crippen molar-refractivity contribution in [1.82, 2.24) is 5.32 Å². The van der Waals surface area contributed by atoms with Gasteiger partial charge in [-0.25, -0.2) is 8.42 Å². The Hall–Kier alpha value is -2.54. The van der Waals surface area contributed by atoms with Crippen molar-refractivity contribution >= 4 is 21.6 Å². The monoisotopic (exact) mass is 404 g/mol. The number of ether oxygens (including phenoxy) is 1. The highest BCUT2D eigenvalue weighted by Crippen LogP contribution is 2.20. The molecule has 1 amide bonds. The topological polar surface area (TPSA) is 75.7 Å². The quantitative estimate of drug-likeness (QED) is 0.696. The molecule has 0 aromatic heterocycles. The van der Waals surface area contributed by atoms with E-state index in [2.05, 4.69) is 5.32 Å². The second-order valence-electron chi connectivity index (χ2n) is 6.58. The summed E-state index contributed by atoms with van der Waals surface area (Å²) >= 11 is 0. The number of aryl methyl sites for hydroxylation is 1. The van der Waals surface area contributed by atoms with Crippen LogP contribution in [-0.4, -0.2) is 33.7 Å². The summed E-state index contributed by atoms with van der Waals surface area (Å²) in [4.78, 5) is 12.5. The number of benzene rings is 2. The molecule has 0 aliphatic heterocycles. The third-order valence-corrected chi connectivity index (χ3v) is 5.53. The number of hydrogen-bond acceptors (Lipinski definition) is 4. The second-order valence-corrected chi connectivity index (χ2v) is 8.49. The summed E-state index contributed by atoms with van der Waals surface area (Å²) in [7, 11) is -3.59. The summed E-state index contributed by atoms with van der Waals surface area (Å²) in [6, 6.07) is 14.4. The molecule has 0 unspecified atom stereocenters. The van der Waals surface area contributed by atoms with E-state index in [0.717, 1.165) is 33.9 Å². The van der Waals surface area contributed by atoms with Crippen LogP contribution in [0.4, 0.5) is 5.69 Å². The van der Waals surface area contributed by atoms with Gasteiger partial charge in [0.1, 0.15) is 12.3 Å². The predicted octanol–water partition coefficient (Wildman–Crippen LogP) is 3.29. The van der Waals surface area contributed by atoms with E-state index in [1.165, 1.54) is 0 Å². The van der Waals surface area contributed by atoms with Crippen molar-refractivity contribution < 1.29 is 17.9 Å². The average molecular weight is 405 g/mol. The van der Waals surface area contributed by atoms with E-state index in [0.29, 0.717) is 12.3 Å². The van der Waals surface area contributed by atoms with Crippen molar-refractivity contribution in [3.63, 3.8) is 0 Å². The Bertz CT molecular complexity index is 878. The highest BCUT2D eigenvalue weighted by atomic mass is 32.2.